The summed E-state index contributed by atoms with van der Waals surface area (Å²) < 4.78 is 5.72. The van der Waals surface area contributed by atoms with E-state index in [1.165, 1.54) is 12.8 Å². The molecular formula is C17H39IN4O. The lowest BCUT2D eigenvalue weighted by molar-refractivity contribution is 0.0582. The molecule has 0 amide bonds. The lowest BCUT2D eigenvalue weighted by Crippen LogP contribution is -2.39. The molecule has 2 atom stereocenters. The van der Waals surface area contributed by atoms with Crippen LogP contribution in [0.3, 0.4) is 0 Å². The zero-order valence-electron chi connectivity index (χ0n) is 16.0. The Morgan fingerprint density at radius 1 is 1.17 bits per heavy atom. The van der Waals surface area contributed by atoms with E-state index in [9.17, 15) is 0 Å². The Kier molecular flexibility index (Phi) is 16.9. The fourth-order valence-electron chi connectivity index (χ4n) is 2.27. The first-order valence-electron chi connectivity index (χ1n) is 8.67. The van der Waals surface area contributed by atoms with Crippen LogP contribution in [-0.4, -0.2) is 56.8 Å². The first-order chi connectivity index (χ1) is 10.3. The standard InChI is InChI=1S/C17H38N4O.HI/c1-7-22-16(11-12-21(5)6)13-19-17(18)20-15(4)10-8-9-14(2)3;/h14-16H,7-13H2,1-6H3,(H3,18,19,20);1H. The van der Waals surface area contributed by atoms with Crippen molar-refractivity contribution in [3.63, 3.8) is 0 Å². The molecule has 0 aliphatic rings. The Morgan fingerprint density at radius 3 is 2.35 bits per heavy atom. The van der Waals surface area contributed by atoms with Gasteiger partial charge in [-0.25, -0.2) is 0 Å². The Balaban J connectivity index is 0. The second-order valence-corrected chi connectivity index (χ2v) is 6.77. The smallest absolute Gasteiger partial charge is 0.188 e. The van der Waals surface area contributed by atoms with Gasteiger partial charge in [0.25, 0.3) is 0 Å². The highest BCUT2D eigenvalue weighted by Crippen LogP contribution is 2.08. The Labute approximate surface area is 160 Å². The van der Waals surface area contributed by atoms with E-state index in [1.54, 1.807) is 0 Å². The van der Waals surface area contributed by atoms with Gasteiger partial charge < -0.3 is 20.7 Å². The molecule has 23 heavy (non-hydrogen) atoms. The van der Waals surface area contributed by atoms with Gasteiger partial charge >= 0.3 is 0 Å². The first-order valence-corrected chi connectivity index (χ1v) is 8.67. The van der Waals surface area contributed by atoms with Crippen molar-refractivity contribution < 1.29 is 4.74 Å². The fraction of sp³-hybridized carbons (Fsp3) is 0.941. The largest absolute Gasteiger partial charge is 0.377 e. The summed E-state index contributed by atoms with van der Waals surface area (Å²) in [5.41, 5.74) is 5.98. The summed E-state index contributed by atoms with van der Waals surface area (Å²) in [6.07, 6.45) is 4.73. The van der Waals surface area contributed by atoms with Gasteiger partial charge in [-0.3, -0.25) is 4.99 Å². The highest BCUT2D eigenvalue weighted by Gasteiger charge is 2.09. The molecule has 0 saturated heterocycles. The van der Waals surface area contributed by atoms with Crippen LogP contribution < -0.4 is 11.1 Å². The molecule has 0 radical (unpaired) electrons. The third-order valence-electron chi connectivity index (χ3n) is 3.58. The second-order valence-electron chi connectivity index (χ2n) is 6.77. The number of nitrogens with two attached hydrogens (primary N) is 1. The van der Waals surface area contributed by atoms with Crippen molar-refractivity contribution in [3.05, 3.63) is 0 Å². The Morgan fingerprint density at radius 2 is 1.83 bits per heavy atom. The van der Waals surface area contributed by atoms with Crippen molar-refractivity contribution in [1.29, 1.82) is 0 Å². The van der Waals surface area contributed by atoms with Crippen molar-refractivity contribution >= 4 is 29.9 Å². The molecule has 0 rings (SSSR count). The summed E-state index contributed by atoms with van der Waals surface area (Å²) >= 11 is 0. The van der Waals surface area contributed by atoms with Crippen LogP contribution in [0.5, 0.6) is 0 Å². The van der Waals surface area contributed by atoms with E-state index >= 15 is 0 Å². The number of nitrogens with one attached hydrogen (secondary N) is 1. The van der Waals surface area contributed by atoms with Crippen LogP contribution in [0.1, 0.15) is 53.4 Å². The number of hydrogen-bond donors (Lipinski definition) is 2. The molecule has 2 unspecified atom stereocenters. The van der Waals surface area contributed by atoms with Gasteiger partial charge in [0.15, 0.2) is 5.96 Å². The SMILES string of the molecule is CCOC(CCN(C)C)CN=C(N)NC(C)CCCC(C)C.I. The summed E-state index contributed by atoms with van der Waals surface area (Å²) in [5, 5.41) is 3.28. The van der Waals surface area contributed by atoms with Crippen LogP contribution in [0.4, 0.5) is 0 Å². The van der Waals surface area contributed by atoms with Crippen LogP contribution in [0.25, 0.3) is 0 Å². The Hall–Kier alpha value is -0.0800. The third-order valence-corrected chi connectivity index (χ3v) is 3.58. The van der Waals surface area contributed by atoms with Gasteiger partial charge in [-0.1, -0.05) is 26.7 Å². The molecule has 0 fully saturated rings. The van der Waals surface area contributed by atoms with Gasteiger partial charge in [-0.15, -0.1) is 24.0 Å². The first kappa shape index (κ1) is 25.2. The van der Waals surface area contributed by atoms with Crippen molar-refractivity contribution in [1.82, 2.24) is 10.2 Å². The monoisotopic (exact) mass is 442 g/mol. The number of halogens is 1. The van der Waals surface area contributed by atoms with E-state index in [2.05, 4.69) is 50.1 Å². The average molecular weight is 442 g/mol. The number of hydrogen-bond acceptors (Lipinski definition) is 3. The molecule has 0 aliphatic heterocycles. The molecule has 6 heteroatoms. The highest BCUT2D eigenvalue weighted by molar-refractivity contribution is 14.0. The number of aliphatic imine (C=N–C) groups is 1. The van der Waals surface area contributed by atoms with Gasteiger partial charge in [0, 0.05) is 19.2 Å². The molecule has 0 heterocycles. The van der Waals surface area contributed by atoms with Crippen molar-refractivity contribution in [2.24, 2.45) is 16.6 Å². The zero-order chi connectivity index (χ0) is 17.0. The number of rotatable bonds is 12. The molecule has 0 spiro atoms. The molecule has 0 saturated carbocycles. The van der Waals surface area contributed by atoms with E-state index in [0.717, 1.165) is 25.3 Å². The molecule has 140 valence electrons. The van der Waals surface area contributed by atoms with E-state index in [-0.39, 0.29) is 30.1 Å². The summed E-state index contributed by atoms with van der Waals surface area (Å²) in [4.78, 5) is 6.60. The van der Waals surface area contributed by atoms with E-state index in [0.29, 0.717) is 25.2 Å². The fourth-order valence-corrected chi connectivity index (χ4v) is 2.27. The van der Waals surface area contributed by atoms with Gasteiger partial charge in [0.1, 0.15) is 0 Å². The minimum absolute atomic E-state index is 0. The normalized spacial score (nSPS) is 14.7. The predicted molar refractivity (Wildman–Crippen MR) is 112 cm³/mol. The maximum atomic E-state index is 5.98. The second kappa shape index (κ2) is 15.4. The number of nitrogens with zero attached hydrogens (tertiary/aromatic N) is 2. The number of guanidine groups is 1. The average Bonchev–Trinajstić information content (AvgIpc) is 2.41. The molecule has 0 bridgehead atoms. The third kappa shape index (κ3) is 16.6. The van der Waals surface area contributed by atoms with E-state index in [1.807, 2.05) is 6.92 Å². The van der Waals surface area contributed by atoms with Crippen molar-refractivity contribution in [3.8, 4) is 0 Å². The van der Waals surface area contributed by atoms with Crippen LogP contribution in [-0.2, 0) is 4.74 Å². The summed E-state index contributed by atoms with van der Waals surface area (Å²) in [6, 6.07) is 0.370. The van der Waals surface area contributed by atoms with Crippen LogP contribution >= 0.6 is 24.0 Å². The minimum Gasteiger partial charge on any atom is -0.377 e. The van der Waals surface area contributed by atoms with Gasteiger partial charge in [0.05, 0.1) is 12.6 Å². The molecular weight excluding hydrogens is 403 g/mol. The van der Waals surface area contributed by atoms with E-state index < -0.39 is 0 Å². The van der Waals surface area contributed by atoms with E-state index in [4.69, 9.17) is 10.5 Å². The van der Waals surface area contributed by atoms with Crippen LogP contribution in [0.2, 0.25) is 0 Å². The molecule has 0 aromatic rings. The number of ether oxygens (including phenoxy) is 1. The van der Waals surface area contributed by atoms with Crippen molar-refractivity contribution in [2.75, 3.05) is 33.8 Å². The summed E-state index contributed by atoms with van der Waals surface area (Å²) in [6.45, 7) is 11.0. The quantitative estimate of drug-likeness (QED) is 0.277. The predicted octanol–water partition coefficient (Wildman–Crippen LogP) is 3.08. The molecule has 0 aromatic heterocycles. The zero-order valence-corrected chi connectivity index (χ0v) is 18.3. The van der Waals surface area contributed by atoms with Gasteiger partial charge in [-0.2, -0.15) is 0 Å². The lowest BCUT2D eigenvalue weighted by atomic mass is 10.0. The molecule has 3 N–H and O–H groups in total. The van der Waals surface area contributed by atoms with Crippen LogP contribution in [0, 0.1) is 5.92 Å². The van der Waals surface area contributed by atoms with Crippen molar-refractivity contribution in [2.45, 2.75) is 65.5 Å². The molecule has 0 aliphatic carbocycles. The molecule has 5 nitrogen and oxygen atoms in total. The Bertz CT molecular complexity index is 298. The van der Waals surface area contributed by atoms with Gasteiger partial charge in [-0.05, 0) is 46.7 Å². The highest BCUT2D eigenvalue weighted by atomic mass is 127. The maximum absolute atomic E-state index is 5.98. The maximum Gasteiger partial charge on any atom is 0.188 e. The van der Waals surface area contributed by atoms with Crippen LogP contribution in [0.15, 0.2) is 4.99 Å². The molecule has 0 aromatic carbocycles. The summed E-state index contributed by atoms with van der Waals surface area (Å²) in [7, 11) is 4.14. The minimum atomic E-state index is 0. The summed E-state index contributed by atoms with van der Waals surface area (Å²) in [5.74, 6) is 1.30. The topological polar surface area (TPSA) is 62.9 Å². The van der Waals surface area contributed by atoms with Gasteiger partial charge in [0.2, 0.25) is 0 Å². The lowest BCUT2D eigenvalue weighted by Gasteiger charge is -2.19.